The van der Waals surface area contributed by atoms with Gasteiger partial charge in [-0.1, -0.05) is 285 Å². The Morgan fingerprint density at radius 3 is 1.19 bits per heavy atom. The third kappa shape index (κ3) is 8.52. The van der Waals surface area contributed by atoms with Crippen LogP contribution in [0.5, 0.6) is 0 Å². The molecule has 490 valence electrons. The average Bonchev–Trinajstić information content (AvgIpc) is 1.57. The van der Waals surface area contributed by atoms with E-state index in [4.69, 9.17) is 8.83 Å². The highest BCUT2D eigenvalue weighted by molar-refractivity contribution is 6.30. The van der Waals surface area contributed by atoms with Crippen molar-refractivity contribution in [1.29, 1.82) is 0 Å². The minimum absolute atomic E-state index is 0.850. The molecule has 0 aliphatic heterocycles. The Hall–Kier alpha value is -14.1. The second-order valence-electron chi connectivity index (χ2n) is 28.4. The van der Waals surface area contributed by atoms with Gasteiger partial charge in [-0.2, -0.15) is 0 Å². The van der Waals surface area contributed by atoms with Gasteiger partial charge in [0.15, 0.2) is 5.58 Å². The number of benzene rings is 19. The van der Waals surface area contributed by atoms with Crippen molar-refractivity contribution in [2.45, 2.75) is 0 Å². The van der Waals surface area contributed by atoms with Gasteiger partial charge in [0.1, 0.15) is 16.7 Å². The van der Waals surface area contributed by atoms with Gasteiger partial charge in [-0.05, 0) is 205 Å². The minimum Gasteiger partial charge on any atom is -0.455 e. The molecule has 0 fully saturated rings. The molecule has 0 spiro atoms. The summed E-state index contributed by atoms with van der Waals surface area (Å²) in [7, 11) is 0. The van der Waals surface area contributed by atoms with Gasteiger partial charge in [-0.3, -0.25) is 0 Å². The second kappa shape index (κ2) is 22.7. The summed E-state index contributed by atoms with van der Waals surface area (Å²) in [6, 6.07) is 134. The predicted octanol–water partition coefficient (Wildman–Crippen LogP) is 28.6. The molecule has 4 nitrogen and oxygen atoms in total. The van der Waals surface area contributed by atoms with Crippen LogP contribution in [0.4, 0.5) is 0 Å². The molecular formula is C102H60N2O2. The molecule has 0 saturated heterocycles. The lowest BCUT2D eigenvalue weighted by Crippen LogP contribution is -1.96. The van der Waals surface area contributed by atoms with Crippen LogP contribution >= 0.6 is 0 Å². The highest BCUT2D eigenvalue weighted by Gasteiger charge is 2.28. The predicted molar refractivity (Wildman–Crippen MR) is 447 cm³/mol. The van der Waals surface area contributed by atoms with Gasteiger partial charge in [0, 0.05) is 54.3 Å². The molecule has 0 atom stereocenters. The summed E-state index contributed by atoms with van der Waals surface area (Å²) in [5.74, 6) is 0. The topological polar surface area (TPSA) is 36.1 Å². The molecule has 4 heteroatoms. The molecule has 23 rings (SSSR count). The van der Waals surface area contributed by atoms with Crippen molar-refractivity contribution in [3.8, 4) is 78.1 Å². The minimum atomic E-state index is 0.850. The quantitative estimate of drug-likeness (QED) is 0.142. The van der Waals surface area contributed by atoms with Gasteiger partial charge in [0.25, 0.3) is 0 Å². The van der Waals surface area contributed by atoms with Crippen molar-refractivity contribution in [2.75, 3.05) is 0 Å². The summed E-state index contributed by atoms with van der Waals surface area (Å²) >= 11 is 0. The fourth-order valence-corrected chi connectivity index (χ4v) is 18.3. The van der Waals surface area contributed by atoms with Crippen molar-refractivity contribution in [2.24, 2.45) is 0 Å². The van der Waals surface area contributed by atoms with Gasteiger partial charge < -0.3 is 18.0 Å². The first kappa shape index (κ1) is 58.6. The van der Waals surface area contributed by atoms with Crippen LogP contribution in [-0.4, -0.2) is 9.13 Å². The van der Waals surface area contributed by atoms with Crippen LogP contribution in [0.3, 0.4) is 0 Å². The number of para-hydroxylation sites is 5. The molecule has 0 aliphatic rings. The Bertz CT molecular complexity index is 7600. The lowest BCUT2D eigenvalue weighted by molar-refractivity contribution is 0.666. The van der Waals surface area contributed by atoms with E-state index in [0.717, 1.165) is 99.6 Å². The maximum Gasteiger partial charge on any atom is 0.160 e. The van der Waals surface area contributed by atoms with Crippen LogP contribution in [0, 0.1) is 0 Å². The molecule has 0 saturated carbocycles. The molecule has 0 amide bonds. The SMILES string of the molecule is c1ccc(-n2c3ccccc3c3ccc(-c4ccc(-c5c6ccccc6c(-c6ccc7cc(-c8cccc9c8c8ccccc8n9-c8ccc(-c9c%10ccccc%10c(-c%10ccc%11ccccc%11c%10)c%10ccccc9%10)c9c8oc8ccccc89)ccc7c6)c6ccccc56)c5c4oc4ccccc45)cc32)cc1. The van der Waals surface area contributed by atoms with Gasteiger partial charge in [-0.15, -0.1) is 0 Å². The van der Waals surface area contributed by atoms with Crippen molar-refractivity contribution in [1.82, 2.24) is 9.13 Å². The molecule has 0 unspecified atom stereocenters. The first-order valence-electron chi connectivity index (χ1n) is 36.5. The fraction of sp³-hybridized carbons (Fsp3) is 0. The second-order valence-corrected chi connectivity index (χ2v) is 28.4. The number of furan rings is 2. The van der Waals surface area contributed by atoms with E-state index in [-0.39, 0.29) is 0 Å². The van der Waals surface area contributed by atoms with Crippen molar-refractivity contribution in [3.05, 3.63) is 364 Å². The van der Waals surface area contributed by atoms with E-state index in [0.29, 0.717) is 0 Å². The van der Waals surface area contributed by atoms with Crippen LogP contribution in [0.2, 0.25) is 0 Å². The molecule has 0 N–H and O–H groups in total. The number of rotatable bonds is 8. The molecule has 0 aliphatic carbocycles. The number of nitrogens with zero attached hydrogens (tertiary/aromatic N) is 2. The van der Waals surface area contributed by atoms with Crippen LogP contribution in [0.1, 0.15) is 0 Å². The van der Waals surface area contributed by atoms with Crippen molar-refractivity contribution in [3.63, 3.8) is 0 Å². The molecule has 23 aromatic rings. The smallest absolute Gasteiger partial charge is 0.160 e. The normalized spacial score (nSPS) is 12.2. The Balaban J connectivity index is 0.656. The van der Waals surface area contributed by atoms with E-state index < -0.39 is 0 Å². The largest absolute Gasteiger partial charge is 0.455 e. The maximum absolute atomic E-state index is 7.25. The van der Waals surface area contributed by atoms with Crippen LogP contribution < -0.4 is 0 Å². The Labute approximate surface area is 608 Å². The third-order valence-electron chi connectivity index (χ3n) is 22.8. The molecule has 0 radical (unpaired) electrons. The zero-order chi connectivity index (χ0) is 69.2. The van der Waals surface area contributed by atoms with Crippen LogP contribution in [0.15, 0.2) is 373 Å². The summed E-state index contributed by atoms with van der Waals surface area (Å²) in [5.41, 5.74) is 24.1. The Kier molecular flexibility index (Phi) is 12.6. The molecule has 4 heterocycles. The van der Waals surface area contributed by atoms with Crippen molar-refractivity contribution < 1.29 is 8.83 Å². The summed E-state index contributed by atoms with van der Waals surface area (Å²) in [4.78, 5) is 0. The highest BCUT2D eigenvalue weighted by Crippen LogP contribution is 2.53. The fourth-order valence-electron chi connectivity index (χ4n) is 18.3. The Morgan fingerprint density at radius 1 is 0.189 bits per heavy atom. The van der Waals surface area contributed by atoms with Gasteiger partial charge in [-0.25, -0.2) is 0 Å². The molecular weight excluding hydrogens is 1290 g/mol. The highest BCUT2D eigenvalue weighted by atomic mass is 16.3. The molecule has 4 aromatic heterocycles. The van der Waals surface area contributed by atoms with E-state index in [1.54, 1.807) is 0 Å². The summed E-state index contributed by atoms with van der Waals surface area (Å²) in [5, 5.41) is 23.6. The van der Waals surface area contributed by atoms with E-state index in [1.807, 2.05) is 0 Å². The van der Waals surface area contributed by atoms with Crippen LogP contribution in [-0.2, 0) is 0 Å². The number of aromatic nitrogens is 2. The first-order valence-corrected chi connectivity index (χ1v) is 36.5. The number of fused-ring (bicyclic) bond motifs is 18. The summed E-state index contributed by atoms with van der Waals surface area (Å²) < 4.78 is 19.2. The number of hydrogen-bond acceptors (Lipinski definition) is 2. The lowest BCUT2D eigenvalue weighted by atomic mass is 9.84. The molecule has 0 bridgehead atoms. The van der Waals surface area contributed by atoms with E-state index in [2.05, 4.69) is 373 Å². The zero-order valence-electron chi connectivity index (χ0n) is 57.4. The average molecular weight is 1350 g/mol. The number of hydrogen-bond donors (Lipinski definition) is 0. The lowest BCUT2D eigenvalue weighted by Gasteiger charge is -2.19. The van der Waals surface area contributed by atoms with Crippen LogP contribution in [0.25, 0.3) is 230 Å². The molecule has 106 heavy (non-hydrogen) atoms. The third-order valence-corrected chi connectivity index (χ3v) is 22.8. The van der Waals surface area contributed by atoms with Gasteiger partial charge >= 0.3 is 0 Å². The van der Waals surface area contributed by atoms with E-state index >= 15 is 0 Å². The molecule has 19 aromatic carbocycles. The summed E-state index contributed by atoms with van der Waals surface area (Å²) in [6.07, 6.45) is 0. The Morgan fingerprint density at radius 2 is 0.585 bits per heavy atom. The van der Waals surface area contributed by atoms with Gasteiger partial charge in [0.05, 0.1) is 27.8 Å². The standard InChI is InChI=1S/C102H60N2O2/c1-2-25-69(26-3-1)103-87-40-18-14-27-72(87)73-52-51-66(60-91(73)103)71-53-54-85(99-83-37-16-20-43-92(83)105-101(71)99)96-78-32-10-6-28-74(78)95(75-29-7-11-33-79(75)96)68-50-47-63-57-65(48-46-64(63)59-68)70-39-22-42-89-98(70)82-36-15-19-41-88(82)104(89)90-56-55-86(100-84-38-17-21-44-93(84)106-102(90)100)97-80-34-12-8-30-76(80)94(77-31-9-13-35-81(77)97)67-49-45-61-23-4-5-24-62(61)58-67/h1-60H. The first-order chi connectivity index (χ1) is 52.6. The van der Waals surface area contributed by atoms with E-state index in [1.165, 1.54) is 131 Å². The maximum atomic E-state index is 7.25. The monoisotopic (exact) mass is 1340 g/mol. The van der Waals surface area contributed by atoms with Gasteiger partial charge in [0.2, 0.25) is 0 Å². The summed E-state index contributed by atoms with van der Waals surface area (Å²) in [6.45, 7) is 0. The zero-order valence-corrected chi connectivity index (χ0v) is 57.4. The van der Waals surface area contributed by atoms with Crippen molar-refractivity contribution >= 4 is 152 Å². The van der Waals surface area contributed by atoms with E-state index in [9.17, 15) is 0 Å².